The van der Waals surface area contributed by atoms with Crippen molar-refractivity contribution < 1.29 is 9.18 Å². The van der Waals surface area contributed by atoms with Gasteiger partial charge in [0.05, 0.1) is 11.6 Å². The number of anilines is 1. The van der Waals surface area contributed by atoms with E-state index in [1.54, 1.807) is 12.1 Å². The number of hydrogen-bond acceptors (Lipinski definition) is 3. The molecule has 2 N–H and O–H groups in total. The van der Waals surface area contributed by atoms with Gasteiger partial charge in [0, 0.05) is 36.6 Å². The van der Waals surface area contributed by atoms with Crippen molar-refractivity contribution in [2.75, 3.05) is 18.4 Å². The number of benzene rings is 3. The van der Waals surface area contributed by atoms with Crippen LogP contribution in [0.3, 0.4) is 0 Å². The highest BCUT2D eigenvalue weighted by molar-refractivity contribution is 5.89. The number of carbonyl (C=O) groups is 1. The molecule has 0 unspecified atom stereocenters. The second-order valence-electron chi connectivity index (χ2n) is 8.43. The Morgan fingerprint density at radius 1 is 1.06 bits per heavy atom. The molecule has 0 aromatic heterocycles. The Kier molecular flexibility index (Phi) is 7.24. The quantitative estimate of drug-likeness (QED) is 0.490. The van der Waals surface area contributed by atoms with Crippen LogP contribution < -0.4 is 10.6 Å². The van der Waals surface area contributed by atoms with Gasteiger partial charge in [-0.1, -0.05) is 49.0 Å². The fraction of sp³-hybridized carbons (Fsp3) is 0.214. The van der Waals surface area contributed by atoms with Gasteiger partial charge in [-0.3, -0.25) is 0 Å². The second kappa shape index (κ2) is 10.7. The van der Waals surface area contributed by atoms with Crippen LogP contribution in [-0.4, -0.2) is 24.0 Å². The summed E-state index contributed by atoms with van der Waals surface area (Å²) in [7, 11) is 0. The molecular formula is C28H27FN4O. The number of urea groups is 1. The van der Waals surface area contributed by atoms with Crippen molar-refractivity contribution in [1.82, 2.24) is 10.2 Å². The Bertz CT molecular complexity index is 1190. The van der Waals surface area contributed by atoms with Gasteiger partial charge in [-0.05, 0) is 60.2 Å². The molecule has 0 spiro atoms. The summed E-state index contributed by atoms with van der Waals surface area (Å²) in [6.45, 7) is 6.08. The lowest BCUT2D eigenvalue weighted by atomic mass is 9.88. The summed E-state index contributed by atoms with van der Waals surface area (Å²) >= 11 is 0. The van der Waals surface area contributed by atoms with E-state index in [1.807, 2.05) is 54.6 Å². The van der Waals surface area contributed by atoms with Gasteiger partial charge in [-0.15, -0.1) is 0 Å². The summed E-state index contributed by atoms with van der Waals surface area (Å²) in [5, 5.41) is 14.6. The summed E-state index contributed by atoms with van der Waals surface area (Å²) in [5.74, 6) is 0.0393. The van der Waals surface area contributed by atoms with Crippen LogP contribution in [0.25, 0.3) is 5.70 Å². The maximum atomic E-state index is 14.7. The van der Waals surface area contributed by atoms with Crippen LogP contribution in [0.4, 0.5) is 14.9 Å². The maximum Gasteiger partial charge on any atom is 0.319 e. The number of piperidine rings is 1. The Labute approximate surface area is 199 Å². The molecule has 34 heavy (non-hydrogen) atoms. The third-order valence-corrected chi connectivity index (χ3v) is 6.22. The third-order valence-electron chi connectivity index (χ3n) is 6.22. The Balaban J connectivity index is 1.35. The number of likely N-dealkylation sites (tertiary alicyclic amines) is 1. The molecule has 3 aromatic carbocycles. The van der Waals surface area contributed by atoms with E-state index in [1.165, 1.54) is 11.6 Å². The number of nitrogens with zero attached hydrogens (tertiary/aromatic N) is 2. The smallest absolute Gasteiger partial charge is 0.319 e. The van der Waals surface area contributed by atoms with E-state index in [4.69, 9.17) is 5.26 Å². The summed E-state index contributed by atoms with van der Waals surface area (Å²) in [4.78, 5) is 14.4. The molecule has 1 saturated heterocycles. The van der Waals surface area contributed by atoms with Crippen molar-refractivity contribution in [2.45, 2.75) is 25.3 Å². The molecule has 0 radical (unpaired) electrons. The van der Waals surface area contributed by atoms with Crippen LogP contribution in [0.1, 0.15) is 41.0 Å². The van der Waals surface area contributed by atoms with Crippen molar-refractivity contribution >= 4 is 17.4 Å². The zero-order valence-corrected chi connectivity index (χ0v) is 18.9. The van der Waals surface area contributed by atoms with E-state index in [9.17, 15) is 9.18 Å². The van der Waals surface area contributed by atoms with Gasteiger partial charge in [0.2, 0.25) is 0 Å². The molecule has 1 aliphatic rings. The Morgan fingerprint density at radius 2 is 1.76 bits per heavy atom. The molecule has 0 saturated carbocycles. The lowest BCUT2D eigenvalue weighted by Crippen LogP contribution is -2.31. The van der Waals surface area contributed by atoms with Crippen molar-refractivity contribution in [3.05, 3.63) is 107 Å². The molecule has 4 rings (SSSR count). The van der Waals surface area contributed by atoms with Gasteiger partial charge in [0.15, 0.2) is 0 Å². The SMILES string of the molecule is C=C(c1cc(NC(=O)NCc2ccccc2)ccc1F)N1CCC(c2ccc(C#N)cc2)CC1. The molecule has 0 bridgehead atoms. The van der Waals surface area contributed by atoms with E-state index in [2.05, 4.69) is 28.2 Å². The molecule has 5 nitrogen and oxygen atoms in total. The number of halogens is 1. The molecule has 6 heteroatoms. The minimum Gasteiger partial charge on any atom is -0.371 e. The zero-order valence-electron chi connectivity index (χ0n) is 18.9. The molecule has 172 valence electrons. The van der Waals surface area contributed by atoms with Crippen LogP contribution in [-0.2, 0) is 6.54 Å². The van der Waals surface area contributed by atoms with Gasteiger partial charge in [0.25, 0.3) is 0 Å². The van der Waals surface area contributed by atoms with Gasteiger partial charge in [0.1, 0.15) is 5.82 Å². The normalized spacial score (nSPS) is 13.7. The summed E-state index contributed by atoms with van der Waals surface area (Å²) in [6, 6.07) is 23.7. The largest absolute Gasteiger partial charge is 0.371 e. The fourth-order valence-corrected chi connectivity index (χ4v) is 4.26. The first-order valence-corrected chi connectivity index (χ1v) is 11.4. The number of carbonyl (C=O) groups excluding carboxylic acids is 1. The second-order valence-corrected chi connectivity index (χ2v) is 8.43. The molecule has 0 aliphatic carbocycles. The molecule has 2 amide bonds. The summed E-state index contributed by atoms with van der Waals surface area (Å²) in [5.41, 5.74) is 4.39. The highest BCUT2D eigenvalue weighted by Crippen LogP contribution is 2.32. The zero-order chi connectivity index (χ0) is 23.9. The lowest BCUT2D eigenvalue weighted by Gasteiger charge is -2.35. The van der Waals surface area contributed by atoms with E-state index < -0.39 is 0 Å². The topological polar surface area (TPSA) is 68.2 Å². The van der Waals surface area contributed by atoms with Gasteiger partial charge in [-0.2, -0.15) is 5.26 Å². The van der Waals surface area contributed by atoms with Gasteiger partial charge >= 0.3 is 6.03 Å². The average molecular weight is 455 g/mol. The van der Waals surface area contributed by atoms with E-state index in [0.29, 0.717) is 35.0 Å². The number of nitrogens with one attached hydrogen (secondary N) is 2. The Hall–Kier alpha value is -4.11. The first-order chi connectivity index (χ1) is 16.5. The third kappa shape index (κ3) is 5.62. The molecule has 3 aromatic rings. The lowest BCUT2D eigenvalue weighted by molar-refractivity contribution is 0.251. The highest BCUT2D eigenvalue weighted by atomic mass is 19.1. The first-order valence-electron chi connectivity index (χ1n) is 11.4. The van der Waals surface area contributed by atoms with Gasteiger partial charge < -0.3 is 15.5 Å². The molecule has 1 heterocycles. The molecule has 1 aliphatic heterocycles. The molecular weight excluding hydrogens is 427 g/mol. The fourth-order valence-electron chi connectivity index (χ4n) is 4.26. The molecule has 0 atom stereocenters. The highest BCUT2D eigenvalue weighted by Gasteiger charge is 2.23. The average Bonchev–Trinajstić information content (AvgIpc) is 2.89. The summed E-state index contributed by atoms with van der Waals surface area (Å²) in [6.07, 6.45) is 1.85. The van der Waals surface area contributed by atoms with E-state index in [-0.39, 0.29) is 11.8 Å². The summed E-state index contributed by atoms with van der Waals surface area (Å²) < 4.78 is 14.7. The Morgan fingerprint density at radius 3 is 2.44 bits per heavy atom. The van der Waals surface area contributed by atoms with Crippen molar-refractivity contribution in [3.63, 3.8) is 0 Å². The number of nitriles is 1. The maximum absolute atomic E-state index is 14.7. The van der Waals surface area contributed by atoms with Gasteiger partial charge in [-0.25, -0.2) is 9.18 Å². The van der Waals surface area contributed by atoms with Crippen molar-refractivity contribution in [1.29, 1.82) is 5.26 Å². The van der Waals surface area contributed by atoms with E-state index >= 15 is 0 Å². The minimum atomic E-state index is -0.366. The van der Waals surface area contributed by atoms with Crippen LogP contribution in [0.15, 0.2) is 79.4 Å². The standard InChI is InChI=1S/C28H27FN4O/c1-20(33-15-13-24(14-16-33)23-9-7-21(18-30)8-10-23)26-17-25(11-12-27(26)29)32-28(34)31-19-22-5-3-2-4-6-22/h2-12,17,24H,1,13-16,19H2,(H2,31,32,34). The molecule has 1 fully saturated rings. The van der Waals surface area contributed by atoms with Crippen LogP contribution >= 0.6 is 0 Å². The minimum absolute atomic E-state index is 0.352. The number of rotatable bonds is 6. The van der Waals surface area contributed by atoms with Crippen molar-refractivity contribution in [3.8, 4) is 6.07 Å². The van der Waals surface area contributed by atoms with E-state index in [0.717, 1.165) is 31.5 Å². The van der Waals surface area contributed by atoms with Crippen LogP contribution in [0, 0.1) is 17.1 Å². The first kappa shape index (κ1) is 23.1. The predicted octanol–water partition coefficient (Wildman–Crippen LogP) is 5.87. The monoisotopic (exact) mass is 454 g/mol. The number of hydrogen-bond donors (Lipinski definition) is 2. The number of amides is 2. The van der Waals surface area contributed by atoms with Crippen LogP contribution in [0.5, 0.6) is 0 Å². The van der Waals surface area contributed by atoms with Crippen molar-refractivity contribution in [2.24, 2.45) is 0 Å². The van der Waals surface area contributed by atoms with Crippen LogP contribution in [0.2, 0.25) is 0 Å². The predicted molar refractivity (Wildman–Crippen MR) is 132 cm³/mol.